The quantitative estimate of drug-likeness (QED) is 0.0212. The van der Waals surface area contributed by atoms with Crippen LogP contribution in [0.2, 0.25) is 0 Å². The highest BCUT2D eigenvalue weighted by molar-refractivity contribution is 7.45. The number of ether oxygens (including phenoxy) is 2. The molecule has 59 heavy (non-hydrogen) atoms. The van der Waals surface area contributed by atoms with E-state index in [1.165, 1.54) is 0 Å². The van der Waals surface area contributed by atoms with Crippen LogP contribution in [-0.2, 0) is 32.7 Å². The number of quaternary nitrogens is 1. The number of esters is 2. The van der Waals surface area contributed by atoms with E-state index in [1.54, 1.807) is 0 Å². The molecule has 10 nitrogen and oxygen atoms in total. The standard InChI is InChI=1S/C48H80NO9P/c1-6-8-9-10-11-12-13-14-15-16-17-22-25-28-31-34-37-40-48(52)58-46(44-57-59(53,54)56-42-41-49(3,4)5)43-55-47(51)39-36-33-30-27-24-21-19-18-20-23-26-29-32-35-38-45(50)7-2/h8-9,11-12,14-15,17,19-23,27,29-30,32,45-46,50H,6-7,10,13,16,18,24-26,28,31,33-44H2,1-5H3/b9-8-,12-11-,15-14-,21-19-,22-17-,23-20-,30-27-,32-29-/t45-,46+/m0/s1. The number of rotatable bonds is 38. The van der Waals surface area contributed by atoms with Crippen LogP contribution in [0.1, 0.15) is 136 Å². The summed E-state index contributed by atoms with van der Waals surface area (Å²) in [7, 11) is 1.08. The van der Waals surface area contributed by atoms with Gasteiger partial charge in [0.25, 0.3) is 7.82 Å². The molecule has 0 aromatic heterocycles. The number of aliphatic hydroxyl groups excluding tert-OH is 1. The Morgan fingerprint density at radius 3 is 1.61 bits per heavy atom. The topological polar surface area (TPSA) is 131 Å². The first-order chi connectivity index (χ1) is 28.4. The van der Waals surface area contributed by atoms with Crippen molar-refractivity contribution in [1.82, 2.24) is 0 Å². The van der Waals surface area contributed by atoms with Gasteiger partial charge in [0.1, 0.15) is 19.8 Å². The van der Waals surface area contributed by atoms with Gasteiger partial charge in [-0.15, -0.1) is 0 Å². The van der Waals surface area contributed by atoms with Crippen molar-refractivity contribution >= 4 is 19.8 Å². The molecular weight excluding hydrogens is 766 g/mol. The Morgan fingerprint density at radius 1 is 0.610 bits per heavy atom. The third-order valence-corrected chi connectivity index (χ3v) is 9.72. The summed E-state index contributed by atoms with van der Waals surface area (Å²) in [6.45, 7) is 3.70. The maximum absolute atomic E-state index is 12.7. The summed E-state index contributed by atoms with van der Waals surface area (Å²) in [5.74, 6) is -0.958. The molecular formula is C48H80NO9P. The Hall–Kier alpha value is -3.11. The molecule has 0 rings (SSSR count). The smallest absolute Gasteiger partial charge is 0.306 e. The van der Waals surface area contributed by atoms with Gasteiger partial charge in [-0.2, -0.15) is 0 Å². The number of likely N-dealkylation sites (N-methyl/N-ethyl adjacent to an activating group) is 1. The van der Waals surface area contributed by atoms with E-state index in [1.807, 2.05) is 34.1 Å². The molecule has 0 spiro atoms. The van der Waals surface area contributed by atoms with Gasteiger partial charge < -0.3 is 33.0 Å². The molecule has 11 heteroatoms. The first-order valence-corrected chi connectivity index (χ1v) is 23.5. The first kappa shape index (κ1) is 55.9. The van der Waals surface area contributed by atoms with Crippen molar-refractivity contribution in [3.8, 4) is 0 Å². The zero-order valence-corrected chi connectivity index (χ0v) is 38.2. The van der Waals surface area contributed by atoms with Crippen LogP contribution in [0.25, 0.3) is 0 Å². The highest BCUT2D eigenvalue weighted by Gasteiger charge is 2.21. The molecule has 0 saturated carbocycles. The Morgan fingerprint density at radius 2 is 1.08 bits per heavy atom. The van der Waals surface area contributed by atoms with Crippen molar-refractivity contribution in [1.29, 1.82) is 0 Å². The molecule has 0 aliphatic rings. The maximum atomic E-state index is 12.7. The fraction of sp³-hybridized carbons (Fsp3) is 0.625. The first-order valence-electron chi connectivity index (χ1n) is 22.0. The van der Waals surface area contributed by atoms with E-state index in [4.69, 9.17) is 18.5 Å². The highest BCUT2D eigenvalue weighted by atomic mass is 31.2. The number of unbranched alkanes of at least 4 members (excludes halogenated alkanes) is 5. The SMILES string of the molecule is CC/C=C\C/C=C\C/C=C\C/C=C\CCCCCCC(=O)O[C@H](COC(=O)CCC/C=C\C/C=C\C/C=C\C/C=C\CC[C@@H](O)CC)COP(=O)([O-])OCC[N+](C)(C)C. The molecule has 0 aromatic carbocycles. The minimum absolute atomic E-state index is 0.0561. The van der Waals surface area contributed by atoms with Gasteiger partial charge in [0.15, 0.2) is 6.10 Å². The lowest BCUT2D eigenvalue weighted by molar-refractivity contribution is -0.870. The van der Waals surface area contributed by atoms with Crippen LogP contribution in [0, 0.1) is 0 Å². The summed E-state index contributed by atoms with van der Waals surface area (Å²) in [6.07, 6.45) is 48.1. The molecule has 1 N–H and O–H groups in total. The number of hydrogen-bond donors (Lipinski definition) is 1. The average Bonchev–Trinajstić information content (AvgIpc) is 3.19. The lowest BCUT2D eigenvalue weighted by Crippen LogP contribution is -2.37. The molecule has 0 bridgehead atoms. The van der Waals surface area contributed by atoms with Crippen molar-refractivity contribution in [2.45, 2.75) is 148 Å². The van der Waals surface area contributed by atoms with E-state index in [2.05, 4.69) is 98.1 Å². The zero-order valence-electron chi connectivity index (χ0n) is 37.3. The monoisotopic (exact) mass is 846 g/mol. The number of carbonyl (C=O) groups is 2. The second-order valence-corrected chi connectivity index (χ2v) is 16.9. The van der Waals surface area contributed by atoms with Gasteiger partial charge in [-0.05, 0) is 96.3 Å². The van der Waals surface area contributed by atoms with Crippen LogP contribution in [0.4, 0.5) is 0 Å². The zero-order chi connectivity index (χ0) is 43.7. The van der Waals surface area contributed by atoms with Gasteiger partial charge in [-0.3, -0.25) is 14.2 Å². The molecule has 0 aliphatic carbocycles. The van der Waals surface area contributed by atoms with E-state index >= 15 is 0 Å². The van der Waals surface area contributed by atoms with Gasteiger partial charge in [0.05, 0.1) is 33.9 Å². The Kier molecular flexibility index (Phi) is 37.0. The van der Waals surface area contributed by atoms with Gasteiger partial charge in [-0.25, -0.2) is 0 Å². The molecule has 0 radical (unpaired) electrons. The van der Waals surface area contributed by atoms with Crippen molar-refractivity contribution in [3.05, 3.63) is 97.2 Å². The van der Waals surface area contributed by atoms with Crippen LogP contribution < -0.4 is 4.89 Å². The molecule has 0 saturated heterocycles. The normalized spacial score (nSPS) is 15.0. The molecule has 0 aliphatic heterocycles. The summed E-state index contributed by atoms with van der Waals surface area (Å²) < 4.78 is 33.8. The number of nitrogens with zero attached hydrogens (tertiary/aromatic N) is 1. The Bertz CT molecular complexity index is 1340. The minimum Gasteiger partial charge on any atom is -0.756 e. The second-order valence-electron chi connectivity index (χ2n) is 15.5. The van der Waals surface area contributed by atoms with E-state index in [9.17, 15) is 24.2 Å². The van der Waals surface area contributed by atoms with Gasteiger partial charge in [0.2, 0.25) is 0 Å². The molecule has 1 unspecified atom stereocenters. The van der Waals surface area contributed by atoms with Gasteiger partial charge >= 0.3 is 11.9 Å². The number of phosphoric ester groups is 1. The summed E-state index contributed by atoms with van der Waals surface area (Å²) in [5.41, 5.74) is 0. The second kappa shape index (κ2) is 39.1. The summed E-state index contributed by atoms with van der Waals surface area (Å²) in [4.78, 5) is 37.5. The maximum Gasteiger partial charge on any atom is 0.306 e. The van der Waals surface area contributed by atoms with Crippen molar-refractivity contribution < 1.29 is 47.2 Å². The number of allylic oxidation sites excluding steroid dienone is 16. The summed E-state index contributed by atoms with van der Waals surface area (Å²) in [6, 6.07) is 0. The molecule has 0 fully saturated rings. The van der Waals surface area contributed by atoms with Crippen LogP contribution in [0.3, 0.4) is 0 Å². The van der Waals surface area contributed by atoms with Crippen LogP contribution in [-0.4, -0.2) is 81.2 Å². The Balaban J connectivity index is 4.53. The fourth-order valence-electron chi connectivity index (χ4n) is 5.15. The van der Waals surface area contributed by atoms with Crippen LogP contribution >= 0.6 is 7.82 Å². The number of hydrogen-bond acceptors (Lipinski definition) is 9. The van der Waals surface area contributed by atoms with Crippen molar-refractivity contribution in [2.75, 3.05) is 47.5 Å². The van der Waals surface area contributed by atoms with Gasteiger partial charge in [-0.1, -0.05) is 124 Å². The van der Waals surface area contributed by atoms with Crippen LogP contribution in [0.15, 0.2) is 97.2 Å². The van der Waals surface area contributed by atoms with E-state index < -0.39 is 32.5 Å². The average molecular weight is 846 g/mol. The third kappa shape index (κ3) is 42.8. The molecule has 336 valence electrons. The number of aliphatic hydroxyl groups is 1. The molecule has 3 atom stereocenters. The minimum atomic E-state index is -4.66. The number of carbonyl (C=O) groups excluding carboxylic acids is 2. The van der Waals surface area contributed by atoms with E-state index in [0.29, 0.717) is 30.3 Å². The lowest BCUT2D eigenvalue weighted by Gasteiger charge is -2.28. The molecule has 0 aromatic rings. The summed E-state index contributed by atoms with van der Waals surface area (Å²) in [5, 5.41) is 9.57. The van der Waals surface area contributed by atoms with Crippen molar-refractivity contribution in [3.63, 3.8) is 0 Å². The van der Waals surface area contributed by atoms with Crippen molar-refractivity contribution in [2.24, 2.45) is 0 Å². The fourth-order valence-corrected chi connectivity index (χ4v) is 5.87. The van der Waals surface area contributed by atoms with E-state index in [0.717, 1.165) is 89.9 Å². The predicted molar refractivity (Wildman–Crippen MR) is 241 cm³/mol. The Labute approximate surface area is 358 Å². The highest BCUT2D eigenvalue weighted by Crippen LogP contribution is 2.38. The molecule has 0 heterocycles. The van der Waals surface area contributed by atoms with E-state index in [-0.39, 0.29) is 32.2 Å². The predicted octanol–water partition coefficient (Wildman–Crippen LogP) is 10.9. The summed E-state index contributed by atoms with van der Waals surface area (Å²) >= 11 is 0. The third-order valence-electron chi connectivity index (χ3n) is 8.75. The van der Waals surface area contributed by atoms with Gasteiger partial charge in [0, 0.05) is 12.8 Å². The largest absolute Gasteiger partial charge is 0.756 e. The lowest BCUT2D eigenvalue weighted by atomic mass is 10.1. The molecule has 0 amide bonds. The number of phosphoric acid groups is 1. The van der Waals surface area contributed by atoms with Crippen LogP contribution in [0.5, 0.6) is 0 Å².